The molecule has 0 aliphatic rings. The van der Waals surface area contributed by atoms with Crippen LogP contribution in [0.1, 0.15) is 10.6 Å². The molecule has 5 heteroatoms. The Morgan fingerprint density at radius 1 is 1.00 bits per heavy atom. The van der Waals surface area contributed by atoms with Crippen LogP contribution in [0.15, 0.2) is 52.3 Å². The fourth-order valence-corrected chi connectivity index (χ4v) is 3.25. The molecule has 0 amide bonds. The normalized spacial score (nSPS) is 11.0. The Morgan fingerprint density at radius 3 is 2.52 bits per heavy atom. The number of rotatable bonds is 5. The minimum atomic E-state index is 0.603. The predicted molar refractivity (Wildman–Crippen MR) is 89.0 cm³/mol. The van der Waals surface area contributed by atoms with Crippen LogP contribution in [0.4, 0.5) is 0 Å². The van der Waals surface area contributed by atoms with Crippen LogP contribution in [0.3, 0.4) is 0 Å². The fourth-order valence-electron chi connectivity index (χ4n) is 2.05. The van der Waals surface area contributed by atoms with E-state index in [1.807, 2.05) is 24.3 Å². The number of hydrogen-bond acceptors (Lipinski definition) is 3. The molecule has 2 heterocycles. The molecule has 108 valence electrons. The average Bonchev–Trinajstić information content (AvgIpc) is 3.09. The molecule has 1 aromatic carbocycles. The molecule has 3 aromatic rings. The first kappa shape index (κ1) is 14.7. The lowest BCUT2D eigenvalue weighted by Crippen LogP contribution is -2.10. The number of halogens is 2. The summed E-state index contributed by atoms with van der Waals surface area (Å²) in [6.45, 7) is 1.53. The Labute approximate surface area is 137 Å². The first-order valence-electron chi connectivity index (χ1n) is 6.49. The van der Waals surface area contributed by atoms with Gasteiger partial charge < -0.3 is 9.73 Å². The first-order chi connectivity index (χ1) is 10.2. The van der Waals surface area contributed by atoms with Crippen LogP contribution >= 0.6 is 34.5 Å². The van der Waals surface area contributed by atoms with Crippen LogP contribution in [-0.4, -0.2) is 0 Å². The van der Waals surface area contributed by atoms with E-state index >= 15 is 0 Å². The average molecular weight is 338 g/mol. The molecule has 0 saturated heterocycles. The highest BCUT2D eigenvalue weighted by molar-refractivity contribution is 7.09. The Morgan fingerprint density at radius 2 is 1.81 bits per heavy atom. The van der Waals surface area contributed by atoms with Gasteiger partial charge in [0.1, 0.15) is 11.5 Å². The highest BCUT2D eigenvalue weighted by atomic mass is 35.5. The van der Waals surface area contributed by atoms with Crippen molar-refractivity contribution in [2.24, 2.45) is 0 Å². The van der Waals surface area contributed by atoms with E-state index in [9.17, 15) is 0 Å². The van der Waals surface area contributed by atoms with Crippen molar-refractivity contribution < 1.29 is 4.42 Å². The zero-order valence-corrected chi connectivity index (χ0v) is 13.4. The Kier molecular flexibility index (Phi) is 4.66. The molecule has 0 atom stereocenters. The minimum absolute atomic E-state index is 0.603. The largest absolute Gasteiger partial charge is 0.460 e. The van der Waals surface area contributed by atoms with Gasteiger partial charge in [0.15, 0.2) is 0 Å². The molecule has 0 radical (unpaired) electrons. The molecule has 0 spiro atoms. The zero-order chi connectivity index (χ0) is 14.7. The van der Waals surface area contributed by atoms with Crippen molar-refractivity contribution >= 4 is 34.5 Å². The second-order valence-electron chi connectivity index (χ2n) is 4.61. The molecule has 0 bridgehead atoms. The minimum Gasteiger partial charge on any atom is -0.460 e. The summed E-state index contributed by atoms with van der Waals surface area (Å²) in [4.78, 5) is 1.31. The van der Waals surface area contributed by atoms with Gasteiger partial charge in [0.25, 0.3) is 0 Å². The van der Waals surface area contributed by atoms with Crippen molar-refractivity contribution in [1.82, 2.24) is 5.32 Å². The Hall–Kier alpha value is -1.26. The number of furan rings is 1. The highest BCUT2D eigenvalue weighted by Gasteiger charge is 2.07. The summed E-state index contributed by atoms with van der Waals surface area (Å²) in [5, 5.41) is 6.64. The molecule has 21 heavy (non-hydrogen) atoms. The summed E-state index contributed by atoms with van der Waals surface area (Å²) >= 11 is 13.8. The topological polar surface area (TPSA) is 25.2 Å². The lowest BCUT2D eigenvalue weighted by molar-refractivity contribution is 0.494. The van der Waals surface area contributed by atoms with Gasteiger partial charge in [-0.3, -0.25) is 0 Å². The summed E-state index contributed by atoms with van der Waals surface area (Å²) < 4.78 is 5.82. The molecule has 1 N–H and O–H groups in total. The summed E-state index contributed by atoms with van der Waals surface area (Å²) in [5.74, 6) is 1.66. The van der Waals surface area contributed by atoms with Gasteiger partial charge in [-0.1, -0.05) is 29.3 Å². The quantitative estimate of drug-likeness (QED) is 0.655. The first-order valence-corrected chi connectivity index (χ1v) is 8.12. The third-order valence-electron chi connectivity index (χ3n) is 2.99. The molecule has 0 aliphatic heterocycles. The van der Waals surface area contributed by atoms with Gasteiger partial charge in [-0.05, 0) is 41.8 Å². The third kappa shape index (κ3) is 3.89. The molecule has 0 fully saturated rings. The third-order valence-corrected chi connectivity index (χ3v) is 4.30. The van der Waals surface area contributed by atoms with Crippen LogP contribution in [0.25, 0.3) is 11.3 Å². The number of benzene rings is 1. The van der Waals surface area contributed by atoms with Crippen LogP contribution in [0.5, 0.6) is 0 Å². The summed E-state index contributed by atoms with van der Waals surface area (Å²) in [6.07, 6.45) is 0. The smallest absolute Gasteiger partial charge is 0.134 e. The van der Waals surface area contributed by atoms with Crippen molar-refractivity contribution in [3.8, 4) is 11.3 Å². The number of thiophene rings is 1. The molecule has 3 rings (SSSR count). The molecule has 2 aromatic heterocycles. The van der Waals surface area contributed by atoms with Crippen molar-refractivity contribution in [2.45, 2.75) is 13.1 Å². The van der Waals surface area contributed by atoms with Gasteiger partial charge in [0.2, 0.25) is 0 Å². The van der Waals surface area contributed by atoms with E-state index < -0.39 is 0 Å². The predicted octanol–water partition coefficient (Wildman–Crippen LogP) is 5.60. The number of nitrogens with one attached hydrogen (secondary N) is 1. The molecule has 2 nitrogen and oxygen atoms in total. The van der Waals surface area contributed by atoms with E-state index in [1.165, 1.54) is 4.88 Å². The van der Waals surface area contributed by atoms with Crippen molar-refractivity contribution in [3.63, 3.8) is 0 Å². The lowest BCUT2D eigenvalue weighted by Gasteiger charge is -2.01. The van der Waals surface area contributed by atoms with E-state index in [0.29, 0.717) is 16.6 Å². The molecule has 0 unspecified atom stereocenters. The van der Waals surface area contributed by atoms with Gasteiger partial charge in [0, 0.05) is 27.0 Å². The number of hydrogen-bond donors (Lipinski definition) is 1. The van der Waals surface area contributed by atoms with E-state index in [-0.39, 0.29) is 0 Å². The zero-order valence-electron chi connectivity index (χ0n) is 11.1. The van der Waals surface area contributed by atoms with Crippen LogP contribution in [0.2, 0.25) is 10.0 Å². The maximum Gasteiger partial charge on any atom is 0.134 e. The summed E-state index contributed by atoms with van der Waals surface area (Å²) in [5.41, 5.74) is 0.886. The van der Waals surface area contributed by atoms with Crippen LogP contribution in [0, 0.1) is 0 Å². The Bertz CT molecular complexity index is 701. The fraction of sp³-hybridized carbons (Fsp3) is 0.125. The van der Waals surface area contributed by atoms with Gasteiger partial charge in [0.05, 0.1) is 6.54 Å². The van der Waals surface area contributed by atoms with Crippen molar-refractivity contribution in [1.29, 1.82) is 0 Å². The maximum absolute atomic E-state index is 6.01. The molecule has 0 aliphatic carbocycles. The molecular formula is C16H13Cl2NOS. The highest BCUT2D eigenvalue weighted by Crippen LogP contribution is 2.28. The lowest BCUT2D eigenvalue weighted by atomic mass is 10.2. The van der Waals surface area contributed by atoms with Gasteiger partial charge in [-0.15, -0.1) is 11.3 Å². The van der Waals surface area contributed by atoms with Gasteiger partial charge in [-0.25, -0.2) is 0 Å². The standard InChI is InChI=1S/C16H13Cl2NOS/c17-12-6-11(7-13(18)8-12)16-4-3-14(20-16)9-19-10-15-2-1-5-21-15/h1-8,19H,9-10H2. The van der Waals surface area contributed by atoms with Gasteiger partial charge in [-0.2, -0.15) is 0 Å². The van der Waals surface area contributed by atoms with E-state index in [2.05, 4.69) is 22.8 Å². The molecule has 0 saturated carbocycles. The Balaban J connectivity index is 1.65. The van der Waals surface area contributed by atoms with E-state index in [1.54, 1.807) is 17.4 Å². The molecular weight excluding hydrogens is 325 g/mol. The monoisotopic (exact) mass is 337 g/mol. The summed E-state index contributed by atoms with van der Waals surface area (Å²) in [7, 11) is 0. The second kappa shape index (κ2) is 6.67. The van der Waals surface area contributed by atoms with Crippen molar-refractivity contribution in [3.05, 3.63) is 68.5 Å². The SMILES string of the molecule is Clc1cc(Cl)cc(-c2ccc(CNCc3cccs3)o2)c1. The van der Waals surface area contributed by atoms with E-state index in [0.717, 1.165) is 23.6 Å². The summed E-state index contributed by atoms with van der Waals surface area (Å²) in [6, 6.07) is 13.5. The van der Waals surface area contributed by atoms with E-state index in [4.69, 9.17) is 27.6 Å². The second-order valence-corrected chi connectivity index (χ2v) is 6.51. The van der Waals surface area contributed by atoms with Gasteiger partial charge >= 0.3 is 0 Å². The van der Waals surface area contributed by atoms with Crippen LogP contribution in [-0.2, 0) is 13.1 Å². The maximum atomic E-state index is 6.01. The van der Waals surface area contributed by atoms with Crippen LogP contribution < -0.4 is 5.32 Å². The van der Waals surface area contributed by atoms with Crippen molar-refractivity contribution in [2.75, 3.05) is 0 Å².